The van der Waals surface area contributed by atoms with Crippen LogP contribution in [0.25, 0.3) is 0 Å². The standard InChI is InChI=1S/C14H20BrN3O/c1-2-10-3-4-18(13(5-10)7-16)14(19)11-6-12(15)9-17-8-11/h6,8-10,13H,2-5,7,16H2,1H3. The van der Waals surface area contributed by atoms with Crippen LogP contribution in [0.2, 0.25) is 0 Å². The summed E-state index contributed by atoms with van der Waals surface area (Å²) in [5.74, 6) is 0.733. The Balaban J connectivity index is 2.14. The molecule has 0 aliphatic carbocycles. The van der Waals surface area contributed by atoms with Crippen LogP contribution in [0, 0.1) is 5.92 Å². The van der Waals surface area contributed by atoms with Crippen molar-refractivity contribution in [2.45, 2.75) is 32.2 Å². The van der Waals surface area contributed by atoms with Gasteiger partial charge in [-0.2, -0.15) is 0 Å². The van der Waals surface area contributed by atoms with E-state index >= 15 is 0 Å². The summed E-state index contributed by atoms with van der Waals surface area (Å²) in [7, 11) is 0. The first-order valence-electron chi connectivity index (χ1n) is 6.77. The van der Waals surface area contributed by atoms with Crippen molar-refractivity contribution < 1.29 is 4.79 Å². The van der Waals surface area contributed by atoms with Crippen molar-refractivity contribution >= 4 is 21.8 Å². The molecule has 4 nitrogen and oxygen atoms in total. The third-order valence-corrected chi connectivity index (χ3v) is 4.32. The molecule has 0 saturated carbocycles. The second kappa shape index (κ2) is 6.48. The molecule has 2 atom stereocenters. The van der Waals surface area contributed by atoms with Gasteiger partial charge in [0.1, 0.15) is 0 Å². The lowest BCUT2D eigenvalue weighted by atomic mass is 9.88. The van der Waals surface area contributed by atoms with Crippen LogP contribution in [0.4, 0.5) is 0 Å². The van der Waals surface area contributed by atoms with Crippen LogP contribution in [0.3, 0.4) is 0 Å². The number of aromatic nitrogens is 1. The van der Waals surface area contributed by atoms with Crippen molar-refractivity contribution in [1.29, 1.82) is 0 Å². The number of nitrogens with two attached hydrogens (primary N) is 1. The second-order valence-electron chi connectivity index (χ2n) is 5.08. The van der Waals surface area contributed by atoms with Gasteiger partial charge in [0, 0.05) is 36.0 Å². The fourth-order valence-corrected chi connectivity index (χ4v) is 3.06. The van der Waals surface area contributed by atoms with Gasteiger partial charge in [-0.05, 0) is 40.8 Å². The van der Waals surface area contributed by atoms with E-state index in [-0.39, 0.29) is 11.9 Å². The molecule has 0 radical (unpaired) electrons. The summed E-state index contributed by atoms with van der Waals surface area (Å²) in [5, 5.41) is 0. The Morgan fingerprint density at radius 3 is 3.00 bits per heavy atom. The Hall–Kier alpha value is -0.940. The molecule has 1 aliphatic rings. The molecule has 2 unspecified atom stereocenters. The molecule has 1 aromatic heterocycles. The number of hydrogen-bond donors (Lipinski definition) is 1. The first-order valence-corrected chi connectivity index (χ1v) is 7.56. The highest BCUT2D eigenvalue weighted by atomic mass is 79.9. The zero-order valence-electron chi connectivity index (χ0n) is 11.2. The minimum Gasteiger partial charge on any atom is -0.334 e. The van der Waals surface area contributed by atoms with Gasteiger partial charge in [0.05, 0.1) is 5.56 Å². The van der Waals surface area contributed by atoms with Crippen molar-refractivity contribution in [3.8, 4) is 0 Å². The van der Waals surface area contributed by atoms with Crippen LogP contribution in [-0.2, 0) is 0 Å². The summed E-state index contributed by atoms with van der Waals surface area (Å²) < 4.78 is 0.825. The van der Waals surface area contributed by atoms with Gasteiger partial charge in [0.2, 0.25) is 0 Å². The quantitative estimate of drug-likeness (QED) is 0.928. The maximum Gasteiger partial charge on any atom is 0.255 e. The molecule has 0 spiro atoms. The van der Waals surface area contributed by atoms with E-state index in [0.717, 1.165) is 30.3 Å². The number of carbonyl (C=O) groups is 1. The number of amides is 1. The van der Waals surface area contributed by atoms with Crippen LogP contribution < -0.4 is 5.73 Å². The molecule has 1 fully saturated rings. The predicted octanol–water partition coefficient (Wildman–Crippen LogP) is 2.43. The normalized spacial score (nSPS) is 23.4. The van der Waals surface area contributed by atoms with Gasteiger partial charge in [-0.1, -0.05) is 13.3 Å². The molecule has 2 heterocycles. The molecule has 1 saturated heterocycles. The minimum atomic E-state index is 0.0406. The first-order chi connectivity index (χ1) is 9.15. The number of rotatable bonds is 3. The lowest BCUT2D eigenvalue weighted by Gasteiger charge is -2.38. The minimum absolute atomic E-state index is 0.0406. The number of pyridine rings is 1. The lowest BCUT2D eigenvalue weighted by molar-refractivity contribution is 0.0558. The number of piperidine rings is 1. The average molecular weight is 326 g/mol. The fourth-order valence-electron chi connectivity index (χ4n) is 2.69. The molecule has 1 aromatic rings. The number of carbonyl (C=O) groups excluding carboxylic acids is 1. The van der Waals surface area contributed by atoms with Gasteiger partial charge in [-0.25, -0.2) is 0 Å². The van der Waals surface area contributed by atoms with Gasteiger partial charge in [0.25, 0.3) is 5.91 Å². The van der Waals surface area contributed by atoms with E-state index in [9.17, 15) is 4.79 Å². The van der Waals surface area contributed by atoms with Crippen molar-refractivity contribution in [3.63, 3.8) is 0 Å². The molecule has 2 rings (SSSR count). The highest BCUT2D eigenvalue weighted by Gasteiger charge is 2.30. The average Bonchev–Trinajstić information content (AvgIpc) is 2.45. The highest BCUT2D eigenvalue weighted by molar-refractivity contribution is 9.10. The van der Waals surface area contributed by atoms with Gasteiger partial charge >= 0.3 is 0 Å². The summed E-state index contributed by atoms with van der Waals surface area (Å²) in [4.78, 5) is 18.5. The molecule has 0 bridgehead atoms. The Labute approximate surface area is 122 Å². The maximum absolute atomic E-state index is 12.5. The number of hydrogen-bond acceptors (Lipinski definition) is 3. The largest absolute Gasteiger partial charge is 0.334 e. The molecular formula is C14H20BrN3O. The smallest absolute Gasteiger partial charge is 0.255 e. The molecule has 2 N–H and O–H groups in total. The highest BCUT2D eigenvalue weighted by Crippen LogP contribution is 2.26. The van der Waals surface area contributed by atoms with E-state index in [1.807, 2.05) is 11.0 Å². The van der Waals surface area contributed by atoms with Gasteiger partial charge in [-0.3, -0.25) is 9.78 Å². The van der Waals surface area contributed by atoms with Crippen LogP contribution in [0.5, 0.6) is 0 Å². The SMILES string of the molecule is CCC1CCN(C(=O)c2cncc(Br)c2)C(CN)C1. The van der Waals surface area contributed by atoms with E-state index in [1.54, 1.807) is 12.4 Å². The predicted molar refractivity (Wildman–Crippen MR) is 78.8 cm³/mol. The Morgan fingerprint density at radius 2 is 2.37 bits per heavy atom. The van der Waals surface area contributed by atoms with Gasteiger partial charge in [-0.15, -0.1) is 0 Å². The second-order valence-corrected chi connectivity index (χ2v) is 5.99. The number of likely N-dealkylation sites (tertiary alicyclic amines) is 1. The maximum atomic E-state index is 12.5. The van der Waals surface area contributed by atoms with E-state index in [4.69, 9.17) is 5.73 Å². The molecule has 19 heavy (non-hydrogen) atoms. The summed E-state index contributed by atoms with van der Waals surface area (Å²) in [6, 6.07) is 1.97. The topological polar surface area (TPSA) is 59.2 Å². The third kappa shape index (κ3) is 3.34. The van der Waals surface area contributed by atoms with E-state index < -0.39 is 0 Å². The lowest BCUT2D eigenvalue weighted by Crippen LogP contribution is -2.49. The third-order valence-electron chi connectivity index (χ3n) is 3.89. The molecule has 5 heteroatoms. The summed E-state index contributed by atoms with van der Waals surface area (Å²) >= 11 is 3.35. The van der Waals surface area contributed by atoms with Crippen LogP contribution >= 0.6 is 15.9 Å². The number of nitrogens with zero attached hydrogens (tertiary/aromatic N) is 2. The fraction of sp³-hybridized carbons (Fsp3) is 0.571. The zero-order chi connectivity index (χ0) is 13.8. The molecule has 1 aliphatic heterocycles. The van der Waals surface area contributed by atoms with E-state index in [0.29, 0.717) is 18.0 Å². The van der Waals surface area contributed by atoms with Crippen molar-refractivity contribution in [2.24, 2.45) is 11.7 Å². The summed E-state index contributed by atoms with van der Waals surface area (Å²) in [5.41, 5.74) is 6.47. The van der Waals surface area contributed by atoms with Crippen LogP contribution in [0.1, 0.15) is 36.5 Å². The summed E-state index contributed by atoms with van der Waals surface area (Å²) in [6.07, 6.45) is 6.55. The summed E-state index contributed by atoms with van der Waals surface area (Å²) in [6.45, 7) is 3.53. The Bertz CT molecular complexity index is 452. The Kier molecular flexibility index (Phi) is 4.93. The van der Waals surface area contributed by atoms with Crippen LogP contribution in [0.15, 0.2) is 22.9 Å². The molecule has 1 amide bonds. The van der Waals surface area contributed by atoms with Gasteiger partial charge in [0.15, 0.2) is 0 Å². The van der Waals surface area contributed by atoms with Gasteiger partial charge < -0.3 is 10.6 Å². The number of halogens is 1. The van der Waals surface area contributed by atoms with Crippen LogP contribution in [-0.4, -0.2) is 34.9 Å². The Morgan fingerprint density at radius 1 is 1.58 bits per heavy atom. The molecule has 0 aromatic carbocycles. The zero-order valence-corrected chi connectivity index (χ0v) is 12.8. The van der Waals surface area contributed by atoms with Crippen molar-refractivity contribution in [2.75, 3.05) is 13.1 Å². The van der Waals surface area contributed by atoms with Crippen molar-refractivity contribution in [1.82, 2.24) is 9.88 Å². The first kappa shape index (κ1) is 14.5. The molecule has 104 valence electrons. The molecular weight excluding hydrogens is 306 g/mol. The van der Waals surface area contributed by atoms with Crippen molar-refractivity contribution in [3.05, 3.63) is 28.5 Å². The van der Waals surface area contributed by atoms with E-state index in [1.165, 1.54) is 0 Å². The van der Waals surface area contributed by atoms with E-state index in [2.05, 4.69) is 27.8 Å². The monoisotopic (exact) mass is 325 g/mol.